The molecule has 7 heteroatoms. The highest BCUT2D eigenvalue weighted by Crippen LogP contribution is 2.07. The lowest BCUT2D eigenvalue weighted by molar-refractivity contribution is -0.120. The molecule has 1 aromatic heterocycles. The van der Waals surface area contributed by atoms with Crippen molar-refractivity contribution in [3.8, 4) is 11.8 Å². The lowest BCUT2D eigenvalue weighted by Gasteiger charge is -2.00. The Bertz CT molecular complexity index is 809. The van der Waals surface area contributed by atoms with Crippen molar-refractivity contribution >= 4 is 11.6 Å². The number of aromatic amines is 1. The molecule has 112 valence electrons. The van der Waals surface area contributed by atoms with Crippen LogP contribution in [0.25, 0.3) is 5.69 Å². The van der Waals surface area contributed by atoms with Crippen molar-refractivity contribution in [1.82, 2.24) is 15.2 Å². The fraction of sp³-hybridized carbons (Fsp3) is 0.200. The van der Waals surface area contributed by atoms with E-state index in [1.807, 2.05) is 30.3 Å². The highest BCUT2D eigenvalue weighted by atomic mass is 16.2. The van der Waals surface area contributed by atoms with E-state index in [0.29, 0.717) is 22.7 Å². The monoisotopic (exact) mass is 297 g/mol. The van der Waals surface area contributed by atoms with E-state index in [2.05, 4.69) is 15.6 Å². The van der Waals surface area contributed by atoms with Crippen LogP contribution >= 0.6 is 0 Å². The molecule has 2 rings (SSSR count). The molecular formula is C15H15N5O2. The lowest BCUT2D eigenvalue weighted by Crippen LogP contribution is -2.23. The molecule has 1 aromatic carbocycles. The van der Waals surface area contributed by atoms with Crippen LogP contribution in [0.15, 0.2) is 40.2 Å². The zero-order valence-corrected chi connectivity index (χ0v) is 12.3. The van der Waals surface area contributed by atoms with Crippen LogP contribution in [-0.2, 0) is 4.79 Å². The molecule has 0 saturated carbocycles. The second-order valence-corrected chi connectivity index (χ2v) is 4.65. The van der Waals surface area contributed by atoms with Gasteiger partial charge in [-0.15, -0.1) is 0 Å². The molecule has 7 nitrogen and oxygen atoms in total. The highest BCUT2D eigenvalue weighted by Gasteiger charge is 2.15. The maximum absolute atomic E-state index is 12.5. The first-order chi connectivity index (χ1) is 10.5. The number of benzene rings is 1. The molecule has 0 saturated heterocycles. The van der Waals surface area contributed by atoms with Gasteiger partial charge in [-0.2, -0.15) is 10.4 Å². The average molecular weight is 297 g/mol. The SMILES string of the molecule is C/C(=N\NC(=O)CC#N)c1c(C)[nH]n(-c2ccccc2)c1=O. The van der Waals surface area contributed by atoms with E-state index in [-0.39, 0.29) is 12.0 Å². The first-order valence-electron chi connectivity index (χ1n) is 6.62. The number of nitriles is 1. The quantitative estimate of drug-likeness (QED) is 0.655. The number of H-pyrrole nitrogens is 1. The number of carbonyl (C=O) groups is 1. The summed E-state index contributed by atoms with van der Waals surface area (Å²) in [7, 11) is 0. The van der Waals surface area contributed by atoms with Gasteiger partial charge in [0.2, 0.25) is 0 Å². The summed E-state index contributed by atoms with van der Waals surface area (Å²) in [5, 5.41) is 15.3. The van der Waals surface area contributed by atoms with Crippen molar-refractivity contribution in [1.29, 1.82) is 5.26 Å². The van der Waals surface area contributed by atoms with Gasteiger partial charge in [0.05, 0.1) is 23.0 Å². The van der Waals surface area contributed by atoms with Crippen LogP contribution < -0.4 is 11.0 Å². The topological polar surface area (TPSA) is 103 Å². The molecule has 2 aromatic rings. The number of hydrogen-bond acceptors (Lipinski definition) is 4. The Kier molecular flexibility index (Phi) is 4.53. The van der Waals surface area contributed by atoms with Gasteiger partial charge in [-0.3, -0.25) is 14.7 Å². The van der Waals surface area contributed by atoms with Gasteiger partial charge in [0.15, 0.2) is 0 Å². The lowest BCUT2D eigenvalue weighted by atomic mass is 10.2. The van der Waals surface area contributed by atoms with Crippen molar-refractivity contribution in [3.63, 3.8) is 0 Å². The average Bonchev–Trinajstić information content (AvgIpc) is 2.81. The molecule has 0 bridgehead atoms. The fourth-order valence-electron chi connectivity index (χ4n) is 2.04. The predicted molar refractivity (Wildman–Crippen MR) is 81.7 cm³/mol. The van der Waals surface area contributed by atoms with Crippen molar-refractivity contribution < 1.29 is 4.79 Å². The summed E-state index contributed by atoms with van der Waals surface area (Å²) in [5.74, 6) is -0.515. The third-order valence-electron chi connectivity index (χ3n) is 3.04. The molecule has 1 heterocycles. The molecule has 0 aliphatic carbocycles. The van der Waals surface area contributed by atoms with E-state index in [1.54, 1.807) is 19.9 Å². The van der Waals surface area contributed by atoms with Gasteiger partial charge in [0.25, 0.3) is 11.5 Å². The zero-order valence-electron chi connectivity index (χ0n) is 12.3. The smallest absolute Gasteiger partial charge is 0.280 e. The van der Waals surface area contributed by atoms with Crippen LogP contribution in [0, 0.1) is 18.3 Å². The maximum atomic E-state index is 12.5. The molecule has 0 radical (unpaired) electrons. The molecular weight excluding hydrogens is 282 g/mol. The van der Waals surface area contributed by atoms with Gasteiger partial charge in [0.1, 0.15) is 6.42 Å². The summed E-state index contributed by atoms with van der Waals surface area (Å²) in [4.78, 5) is 23.7. The Hall–Kier alpha value is -3.14. The van der Waals surface area contributed by atoms with Crippen molar-refractivity contribution in [2.24, 2.45) is 5.10 Å². The molecule has 1 amide bonds. The first kappa shape index (κ1) is 15.3. The van der Waals surface area contributed by atoms with Gasteiger partial charge in [-0.05, 0) is 26.0 Å². The zero-order chi connectivity index (χ0) is 16.1. The third-order valence-corrected chi connectivity index (χ3v) is 3.04. The van der Waals surface area contributed by atoms with Crippen LogP contribution in [0.4, 0.5) is 0 Å². The van der Waals surface area contributed by atoms with Crippen LogP contribution in [0.1, 0.15) is 24.6 Å². The summed E-state index contributed by atoms with van der Waals surface area (Å²) < 4.78 is 1.42. The maximum Gasteiger partial charge on any atom is 0.280 e. The number of nitrogens with one attached hydrogen (secondary N) is 2. The Labute approximate surface area is 126 Å². The summed E-state index contributed by atoms with van der Waals surface area (Å²) in [6.07, 6.45) is -0.281. The molecule has 0 atom stereocenters. The minimum atomic E-state index is -0.515. The second kappa shape index (κ2) is 6.54. The normalized spacial score (nSPS) is 11.0. The number of hydrogen-bond donors (Lipinski definition) is 2. The van der Waals surface area contributed by atoms with Crippen molar-refractivity contribution in [2.75, 3.05) is 0 Å². The van der Waals surface area contributed by atoms with Gasteiger partial charge in [-0.1, -0.05) is 18.2 Å². The summed E-state index contributed by atoms with van der Waals surface area (Å²) in [6.45, 7) is 3.38. The number of amides is 1. The number of aryl methyl sites for hydroxylation is 1. The number of rotatable bonds is 4. The Morgan fingerprint density at radius 2 is 2.09 bits per heavy atom. The minimum Gasteiger partial charge on any atom is -0.295 e. The summed E-state index contributed by atoms with van der Waals surface area (Å²) in [6, 6.07) is 10.9. The van der Waals surface area contributed by atoms with E-state index in [1.165, 1.54) is 4.68 Å². The predicted octanol–water partition coefficient (Wildman–Crippen LogP) is 1.23. The van der Waals surface area contributed by atoms with Crippen molar-refractivity contribution in [3.05, 3.63) is 51.9 Å². The first-order valence-corrected chi connectivity index (χ1v) is 6.62. The molecule has 2 N–H and O–H groups in total. The molecule has 0 fully saturated rings. The van der Waals surface area contributed by atoms with Crippen LogP contribution in [-0.4, -0.2) is 21.4 Å². The van der Waals surface area contributed by atoms with Crippen molar-refractivity contribution in [2.45, 2.75) is 20.3 Å². The van der Waals surface area contributed by atoms with Gasteiger partial charge >= 0.3 is 0 Å². The Balaban J connectivity index is 2.35. The minimum absolute atomic E-state index is 0.250. The largest absolute Gasteiger partial charge is 0.295 e. The highest BCUT2D eigenvalue weighted by molar-refractivity contribution is 6.00. The number of nitrogens with zero attached hydrogens (tertiary/aromatic N) is 3. The summed E-state index contributed by atoms with van der Waals surface area (Å²) in [5.41, 5.74) is 4.12. The van der Waals surface area contributed by atoms with Gasteiger partial charge in [0, 0.05) is 5.69 Å². The standard InChI is InChI=1S/C15H15N5O2/c1-10(17-18-13(21)8-9-16)14-11(2)19-20(15(14)22)12-6-4-3-5-7-12/h3-7,19H,8H2,1-2H3,(H,18,21)/b17-10+. The fourth-order valence-corrected chi connectivity index (χ4v) is 2.04. The molecule has 0 spiro atoms. The van der Waals surface area contributed by atoms with Gasteiger partial charge < -0.3 is 0 Å². The Morgan fingerprint density at radius 3 is 2.73 bits per heavy atom. The molecule has 22 heavy (non-hydrogen) atoms. The third kappa shape index (κ3) is 3.12. The molecule has 0 unspecified atom stereocenters. The second-order valence-electron chi connectivity index (χ2n) is 4.65. The van der Waals surface area contributed by atoms with E-state index < -0.39 is 5.91 Å². The van der Waals surface area contributed by atoms with Crippen LogP contribution in [0.3, 0.4) is 0 Å². The van der Waals surface area contributed by atoms with E-state index in [9.17, 15) is 9.59 Å². The molecule has 0 aliphatic rings. The van der Waals surface area contributed by atoms with Crippen LogP contribution in [0.2, 0.25) is 0 Å². The Morgan fingerprint density at radius 1 is 1.41 bits per heavy atom. The number of carbonyl (C=O) groups excluding carboxylic acids is 1. The van der Waals surface area contributed by atoms with E-state index in [0.717, 1.165) is 0 Å². The number of hydrazone groups is 1. The number of aromatic nitrogens is 2. The molecule has 0 aliphatic heterocycles. The number of para-hydroxylation sites is 1. The van der Waals surface area contributed by atoms with Crippen LogP contribution in [0.5, 0.6) is 0 Å². The van der Waals surface area contributed by atoms with E-state index >= 15 is 0 Å². The summed E-state index contributed by atoms with van der Waals surface area (Å²) >= 11 is 0. The van der Waals surface area contributed by atoms with Gasteiger partial charge in [-0.25, -0.2) is 10.1 Å². The van der Waals surface area contributed by atoms with E-state index in [4.69, 9.17) is 5.26 Å².